The molecule has 1 aromatic heterocycles. The molecule has 3 rings (SSSR count). The van der Waals surface area contributed by atoms with Gasteiger partial charge in [0, 0.05) is 35.0 Å². The van der Waals surface area contributed by atoms with E-state index in [0.29, 0.717) is 18.3 Å². The minimum atomic E-state index is 0.255. The first-order chi connectivity index (χ1) is 10.5. The largest absolute Gasteiger partial charge is 0.504 e. The Labute approximate surface area is 136 Å². The summed E-state index contributed by atoms with van der Waals surface area (Å²) in [4.78, 5) is 4.87. The fourth-order valence-electron chi connectivity index (χ4n) is 2.96. The van der Waals surface area contributed by atoms with Crippen LogP contribution in [-0.2, 0) is 6.54 Å². The number of aryl methyl sites for hydroxylation is 1. The second-order valence-corrected chi connectivity index (χ2v) is 7.66. The maximum Gasteiger partial charge on any atom is 0.165 e. The van der Waals surface area contributed by atoms with Crippen molar-refractivity contribution < 1.29 is 9.84 Å². The van der Waals surface area contributed by atoms with Crippen LogP contribution in [0.15, 0.2) is 24.3 Å². The van der Waals surface area contributed by atoms with Crippen LogP contribution in [0.5, 0.6) is 11.5 Å². The van der Waals surface area contributed by atoms with Gasteiger partial charge in [0.25, 0.3) is 0 Å². The highest BCUT2D eigenvalue weighted by molar-refractivity contribution is 7.15. The highest BCUT2D eigenvalue weighted by Crippen LogP contribution is 2.39. The first-order valence-electron chi connectivity index (χ1n) is 7.81. The molecule has 0 bridgehead atoms. The van der Waals surface area contributed by atoms with Gasteiger partial charge in [0.1, 0.15) is 6.61 Å². The summed E-state index contributed by atoms with van der Waals surface area (Å²) in [5.41, 5.74) is 2.16. The topological polar surface area (TPSA) is 32.7 Å². The third-order valence-electron chi connectivity index (χ3n) is 3.84. The molecule has 4 heteroatoms. The lowest BCUT2D eigenvalue weighted by Crippen LogP contribution is -2.29. The van der Waals surface area contributed by atoms with Crippen LogP contribution in [0, 0.1) is 12.8 Å². The van der Waals surface area contributed by atoms with Gasteiger partial charge < -0.3 is 9.84 Å². The van der Waals surface area contributed by atoms with Gasteiger partial charge in [0.05, 0.1) is 0 Å². The van der Waals surface area contributed by atoms with Crippen molar-refractivity contribution in [3.63, 3.8) is 0 Å². The van der Waals surface area contributed by atoms with Gasteiger partial charge in [0.15, 0.2) is 11.5 Å². The maximum absolute atomic E-state index is 10.4. The van der Waals surface area contributed by atoms with E-state index in [1.165, 1.54) is 9.75 Å². The zero-order chi connectivity index (χ0) is 15.7. The molecular formula is C18H23NO2S. The molecule has 0 fully saturated rings. The van der Waals surface area contributed by atoms with Gasteiger partial charge in [-0.1, -0.05) is 13.8 Å². The van der Waals surface area contributed by atoms with Crippen molar-refractivity contribution in [1.29, 1.82) is 0 Å². The molecule has 2 aromatic rings. The standard InChI is InChI=1S/C18H23NO2S/c1-12(2)10-19-6-7-21-18-15(11-19)8-14(9-16(18)20)17-5-4-13(3)22-17/h4-5,8-9,12,20H,6-7,10-11H2,1-3H3. The number of aromatic hydroxyl groups is 1. The van der Waals surface area contributed by atoms with Gasteiger partial charge >= 0.3 is 0 Å². The molecule has 3 nitrogen and oxygen atoms in total. The average Bonchev–Trinajstić information content (AvgIpc) is 2.76. The summed E-state index contributed by atoms with van der Waals surface area (Å²) < 4.78 is 5.80. The van der Waals surface area contributed by atoms with Crippen LogP contribution >= 0.6 is 11.3 Å². The van der Waals surface area contributed by atoms with E-state index >= 15 is 0 Å². The van der Waals surface area contributed by atoms with Crippen LogP contribution in [0.4, 0.5) is 0 Å². The molecule has 0 saturated carbocycles. The molecule has 1 aromatic carbocycles. The molecule has 0 saturated heterocycles. The van der Waals surface area contributed by atoms with Crippen molar-refractivity contribution in [2.24, 2.45) is 5.92 Å². The lowest BCUT2D eigenvalue weighted by Gasteiger charge is -2.21. The van der Waals surface area contributed by atoms with Gasteiger partial charge in [-0.25, -0.2) is 0 Å². The number of phenols is 1. The Hall–Kier alpha value is -1.52. The summed E-state index contributed by atoms with van der Waals surface area (Å²) in [5, 5.41) is 10.4. The van der Waals surface area contributed by atoms with E-state index in [2.05, 4.69) is 43.9 Å². The molecule has 1 aliphatic rings. The second-order valence-electron chi connectivity index (χ2n) is 6.37. The van der Waals surface area contributed by atoms with Gasteiger partial charge in [0.2, 0.25) is 0 Å². The molecule has 1 N–H and O–H groups in total. The second kappa shape index (κ2) is 6.31. The summed E-state index contributed by atoms with van der Waals surface area (Å²) in [6.07, 6.45) is 0. The molecule has 0 aliphatic carbocycles. The maximum atomic E-state index is 10.4. The van der Waals surface area contributed by atoms with Gasteiger partial charge in [-0.05, 0) is 42.7 Å². The molecular weight excluding hydrogens is 294 g/mol. The summed E-state index contributed by atoms with van der Waals surface area (Å²) in [6.45, 7) is 9.98. The smallest absolute Gasteiger partial charge is 0.165 e. The first kappa shape index (κ1) is 15.4. The number of phenolic OH excluding ortho intramolecular Hbond substituents is 1. The molecule has 0 amide bonds. The van der Waals surface area contributed by atoms with E-state index in [1.807, 2.05) is 6.07 Å². The normalized spacial score (nSPS) is 15.5. The Morgan fingerprint density at radius 1 is 1.32 bits per heavy atom. The number of benzene rings is 1. The summed E-state index contributed by atoms with van der Waals surface area (Å²) in [5.74, 6) is 1.53. The summed E-state index contributed by atoms with van der Waals surface area (Å²) in [7, 11) is 0. The highest BCUT2D eigenvalue weighted by atomic mass is 32.1. The first-order valence-corrected chi connectivity index (χ1v) is 8.62. The van der Waals surface area contributed by atoms with Crippen molar-refractivity contribution in [2.45, 2.75) is 27.3 Å². The van der Waals surface area contributed by atoms with Crippen LogP contribution in [0.1, 0.15) is 24.3 Å². The van der Waals surface area contributed by atoms with Gasteiger partial charge in [-0.3, -0.25) is 4.90 Å². The zero-order valence-corrected chi connectivity index (χ0v) is 14.2. The van der Waals surface area contributed by atoms with E-state index in [9.17, 15) is 5.11 Å². The molecule has 22 heavy (non-hydrogen) atoms. The highest BCUT2D eigenvalue weighted by Gasteiger charge is 2.20. The number of rotatable bonds is 3. The quantitative estimate of drug-likeness (QED) is 0.917. The Kier molecular flexibility index (Phi) is 4.41. The summed E-state index contributed by atoms with van der Waals surface area (Å²) in [6, 6.07) is 8.22. The molecule has 1 aliphatic heterocycles. The number of thiophene rings is 1. The predicted octanol–water partition coefficient (Wildman–Crippen LogP) is 4.28. The van der Waals surface area contributed by atoms with Crippen LogP contribution in [-0.4, -0.2) is 29.7 Å². The van der Waals surface area contributed by atoms with Crippen molar-refractivity contribution in [3.8, 4) is 21.9 Å². The van der Waals surface area contributed by atoms with Crippen LogP contribution in [0.25, 0.3) is 10.4 Å². The number of nitrogens with zero attached hydrogens (tertiary/aromatic N) is 1. The van der Waals surface area contributed by atoms with E-state index in [-0.39, 0.29) is 5.75 Å². The molecule has 2 heterocycles. The third-order valence-corrected chi connectivity index (χ3v) is 4.89. The van der Waals surface area contributed by atoms with E-state index in [1.54, 1.807) is 11.3 Å². The lowest BCUT2D eigenvalue weighted by molar-refractivity contribution is 0.205. The van der Waals surface area contributed by atoms with Gasteiger partial charge in [-0.2, -0.15) is 0 Å². The van der Waals surface area contributed by atoms with Crippen molar-refractivity contribution in [2.75, 3.05) is 19.7 Å². The molecule has 0 spiro atoms. The fraction of sp³-hybridized carbons (Fsp3) is 0.444. The van der Waals surface area contributed by atoms with Gasteiger partial charge in [-0.15, -0.1) is 11.3 Å². The molecule has 0 unspecified atom stereocenters. The number of ether oxygens (including phenoxy) is 1. The SMILES string of the molecule is Cc1ccc(-c2cc(O)c3c(c2)CN(CC(C)C)CCO3)s1. The van der Waals surface area contributed by atoms with Crippen molar-refractivity contribution in [1.82, 2.24) is 4.90 Å². The molecule has 0 atom stereocenters. The minimum absolute atomic E-state index is 0.255. The van der Waals surface area contributed by atoms with Crippen molar-refractivity contribution >= 4 is 11.3 Å². The Morgan fingerprint density at radius 2 is 2.14 bits per heavy atom. The summed E-state index contributed by atoms with van der Waals surface area (Å²) >= 11 is 1.75. The fourth-order valence-corrected chi connectivity index (χ4v) is 3.81. The van der Waals surface area contributed by atoms with E-state index in [4.69, 9.17) is 4.74 Å². The molecule has 118 valence electrons. The Balaban J connectivity index is 1.95. The lowest BCUT2D eigenvalue weighted by atomic mass is 10.1. The van der Waals surface area contributed by atoms with Crippen molar-refractivity contribution in [3.05, 3.63) is 34.7 Å². The monoisotopic (exact) mass is 317 g/mol. The Bertz CT molecular complexity index is 663. The number of hydrogen-bond donors (Lipinski definition) is 1. The van der Waals surface area contributed by atoms with E-state index in [0.717, 1.165) is 30.8 Å². The number of hydrogen-bond acceptors (Lipinski definition) is 4. The minimum Gasteiger partial charge on any atom is -0.504 e. The van der Waals surface area contributed by atoms with Crippen LogP contribution in [0.2, 0.25) is 0 Å². The average molecular weight is 317 g/mol. The zero-order valence-electron chi connectivity index (χ0n) is 13.4. The van der Waals surface area contributed by atoms with E-state index < -0.39 is 0 Å². The Morgan fingerprint density at radius 3 is 2.82 bits per heavy atom. The predicted molar refractivity (Wildman–Crippen MR) is 91.8 cm³/mol. The molecule has 0 radical (unpaired) electrons. The third kappa shape index (κ3) is 3.28. The van der Waals surface area contributed by atoms with Crippen LogP contribution in [0.3, 0.4) is 0 Å². The van der Waals surface area contributed by atoms with Crippen LogP contribution < -0.4 is 4.74 Å². The number of fused-ring (bicyclic) bond motifs is 1.